The van der Waals surface area contributed by atoms with Gasteiger partial charge in [0.2, 0.25) is 0 Å². The maximum atomic E-state index is 11.2. The molecule has 5 nitrogen and oxygen atoms in total. The summed E-state index contributed by atoms with van der Waals surface area (Å²) in [6, 6.07) is 7.27. The highest BCUT2D eigenvalue weighted by Crippen LogP contribution is 2.23. The van der Waals surface area contributed by atoms with Crippen molar-refractivity contribution in [1.82, 2.24) is 9.97 Å². The minimum absolute atomic E-state index is 0.155. The van der Waals surface area contributed by atoms with Gasteiger partial charge in [0.1, 0.15) is 5.82 Å². The van der Waals surface area contributed by atoms with Gasteiger partial charge in [-0.25, -0.2) is 14.8 Å². The number of methoxy groups -OCH3 is 1. The van der Waals surface area contributed by atoms with Crippen LogP contribution in [0.5, 0.6) is 0 Å². The Kier molecular flexibility index (Phi) is 3.74. The van der Waals surface area contributed by atoms with Crippen LogP contribution in [0.1, 0.15) is 10.5 Å². The molecule has 0 aliphatic heterocycles. The lowest BCUT2D eigenvalue weighted by molar-refractivity contribution is 0.0593. The molecule has 1 heterocycles. The molecule has 0 atom stereocenters. The summed E-state index contributed by atoms with van der Waals surface area (Å²) in [4.78, 5) is 19.2. The average Bonchev–Trinajstić information content (AvgIpc) is 2.41. The second-order valence-electron chi connectivity index (χ2n) is 3.38. The molecule has 6 heteroatoms. The Morgan fingerprint density at radius 2 is 2.06 bits per heavy atom. The first-order valence-corrected chi connectivity index (χ1v) is 5.50. The second kappa shape index (κ2) is 5.46. The minimum atomic E-state index is -0.521. The lowest BCUT2D eigenvalue weighted by Crippen LogP contribution is -2.05. The fourth-order valence-electron chi connectivity index (χ4n) is 1.30. The molecule has 0 bridgehead atoms. The number of carbonyl (C=O) groups excluding carboxylic acids is 1. The zero-order chi connectivity index (χ0) is 13.0. The highest BCUT2D eigenvalue weighted by molar-refractivity contribution is 6.33. The molecular formula is C12H10ClN3O2. The molecule has 0 unspecified atom stereocenters. The number of aromatic nitrogens is 2. The van der Waals surface area contributed by atoms with Gasteiger partial charge in [-0.3, -0.25) is 0 Å². The number of carbonyl (C=O) groups is 1. The van der Waals surface area contributed by atoms with Crippen LogP contribution in [0.2, 0.25) is 5.02 Å². The first-order valence-electron chi connectivity index (χ1n) is 5.12. The molecule has 2 rings (SSSR count). The molecule has 0 saturated heterocycles. The van der Waals surface area contributed by atoms with Crippen LogP contribution in [-0.2, 0) is 4.74 Å². The maximum absolute atomic E-state index is 11.2. The number of nitrogens with zero attached hydrogens (tertiary/aromatic N) is 2. The van der Waals surface area contributed by atoms with Gasteiger partial charge in [0.15, 0.2) is 5.69 Å². The zero-order valence-corrected chi connectivity index (χ0v) is 10.3. The largest absolute Gasteiger partial charge is 0.464 e. The Morgan fingerprint density at radius 1 is 1.28 bits per heavy atom. The van der Waals surface area contributed by atoms with Crippen LogP contribution < -0.4 is 5.32 Å². The molecule has 1 aromatic heterocycles. The summed E-state index contributed by atoms with van der Waals surface area (Å²) in [6.45, 7) is 0. The molecule has 0 spiro atoms. The van der Waals surface area contributed by atoms with Crippen LogP contribution in [0, 0.1) is 0 Å². The molecule has 1 aromatic carbocycles. The number of ether oxygens (including phenoxy) is 1. The summed E-state index contributed by atoms with van der Waals surface area (Å²) < 4.78 is 4.53. The average molecular weight is 264 g/mol. The predicted octanol–water partition coefficient (Wildman–Crippen LogP) is 2.66. The predicted molar refractivity (Wildman–Crippen MR) is 68.1 cm³/mol. The van der Waals surface area contributed by atoms with Crippen molar-refractivity contribution >= 4 is 29.1 Å². The van der Waals surface area contributed by atoms with Crippen molar-refractivity contribution < 1.29 is 9.53 Å². The molecule has 92 valence electrons. The quantitative estimate of drug-likeness (QED) is 0.863. The SMILES string of the molecule is COC(=O)c1cnc(Nc2ccccc2Cl)cn1. The number of hydrogen-bond donors (Lipinski definition) is 1. The molecule has 18 heavy (non-hydrogen) atoms. The van der Waals surface area contributed by atoms with Crippen molar-refractivity contribution in [3.8, 4) is 0 Å². The highest BCUT2D eigenvalue weighted by atomic mass is 35.5. The number of benzene rings is 1. The van der Waals surface area contributed by atoms with Gasteiger partial charge in [-0.05, 0) is 12.1 Å². The van der Waals surface area contributed by atoms with E-state index in [9.17, 15) is 4.79 Å². The van der Waals surface area contributed by atoms with E-state index in [1.807, 2.05) is 18.2 Å². The number of hydrogen-bond acceptors (Lipinski definition) is 5. The van der Waals surface area contributed by atoms with E-state index in [1.165, 1.54) is 19.5 Å². The highest BCUT2D eigenvalue weighted by Gasteiger charge is 2.07. The first kappa shape index (κ1) is 12.3. The Bertz CT molecular complexity index is 558. The number of esters is 1. The van der Waals surface area contributed by atoms with Crippen LogP contribution in [0.3, 0.4) is 0 Å². The van der Waals surface area contributed by atoms with Crippen molar-refractivity contribution in [3.63, 3.8) is 0 Å². The molecule has 1 N–H and O–H groups in total. The van der Waals surface area contributed by atoms with Gasteiger partial charge in [0, 0.05) is 0 Å². The van der Waals surface area contributed by atoms with Crippen molar-refractivity contribution in [2.24, 2.45) is 0 Å². The van der Waals surface area contributed by atoms with Crippen molar-refractivity contribution in [2.45, 2.75) is 0 Å². The standard InChI is InChI=1S/C12H10ClN3O2/c1-18-12(17)10-6-15-11(7-14-10)16-9-5-3-2-4-8(9)13/h2-7H,1H3,(H,15,16). The Hall–Kier alpha value is -2.14. The molecule has 0 saturated carbocycles. The Morgan fingerprint density at radius 3 is 2.67 bits per heavy atom. The summed E-state index contributed by atoms with van der Waals surface area (Å²) in [6.07, 6.45) is 2.78. The minimum Gasteiger partial charge on any atom is -0.464 e. The molecule has 0 aliphatic carbocycles. The lowest BCUT2D eigenvalue weighted by Gasteiger charge is -2.06. The van der Waals surface area contributed by atoms with Gasteiger partial charge in [0.05, 0.1) is 30.2 Å². The van der Waals surface area contributed by atoms with E-state index in [0.29, 0.717) is 10.8 Å². The van der Waals surface area contributed by atoms with Gasteiger partial charge >= 0.3 is 5.97 Å². The van der Waals surface area contributed by atoms with Gasteiger partial charge in [-0.1, -0.05) is 23.7 Å². The van der Waals surface area contributed by atoms with Gasteiger partial charge in [-0.2, -0.15) is 0 Å². The molecular weight excluding hydrogens is 254 g/mol. The maximum Gasteiger partial charge on any atom is 0.358 e. The summed E-state index contributed by atoms with van der Waals surface area (Å²) in [5.74, 6) is -0.0254. The lowest BCUT2D eigenvalue weighted by atomic mass is 10.3. The van der Waals surface area contributed by atoms with Crippen molar-refractivity contribution in [2.75, 3.05) is 12.4 Å². The van der Waals surface area contributed by atoms with Crippen LogP contribution in [0.15, 0.2) is 36.7 Å². The Balaban J connectivity index is 2.16. The van der Waals surface area contributed by atoms with Crippen LogP contribution >= 0.6 is 11.6 Å². The van der Waals surface area contributed by atoms with Crippen molar-refractivity contribution in [3.05, 3.63) is 47.4 Å². The van der Waals surface area contributed by atoms with E-state index < -0.39 is 5.97 Å². The number of halogens is 1. The molecule has 0 radical (unpaired) electrons. The molecule has 0 fully saturated rings. The smallest absolute Gasteiger partial charge is 0.358 e. The van der Waals surface area contributed by atoms with E-state index in [1.54, 1.807) is 6.07 Å². The van der Waals surface area contributed by atoms with Crippen LogP contribution in [0.4, 0.5) is 11.5 Å². The van der Waals surface area contributed by atoms with Gasteiger partial charge < -0.3 is 10.1 Å². The summed E-state index contributed by atoms with van der Waals surface area (Å²) in [7, 11) is 1.29. The fourth-order valence-corrected chi connectivity index (χ4v) is 1.49. The number of rotatable bonds is 3. The van der Waals surface area contributed by atoms with Gasteiger partial charge in [-0.15, -0.1) is 0 Å². The molecule has 0 amide bonds. The number of anilines is 2. The fraction of sp³-hybridized carbons (Fsp3) is 0.0833. The molecule has 0 aliphatic rings. The van der Waals surface area contributed by atoms with Crippen LogP contribution in [-0.4, -0.2) is 23.0 Å². The first-order chi connectivity index (χ1) is 8.70. The van der Waals surface area contributed by atoms with Crippen molar-refractivity contribution in [1.29, 1.82) is 0 Å². The third-order valence-electron chi connectivity index (χ3n) is 2.18. The summed E-state index contributed by atoms with van der Waals surface area (Å²) >= 11 is 5.99. The van der Waals surface area contributed by atoms with Gasteiger partial charge in [0.25, 0.3) is 0 Å². The van der Waals surface area contributed by atoms with Crippen LogP contribution in [0.25, 0.3) is 0 Å². The van der Waals surface area contributed by atoms with E-state index in [2.05, 4.69) is 20.0 Å². The van der Waals surface area contributed by atoms with E-state index in [-0.39, 0.29) is 5.69 Å². The monoisotopic (exact) mass is 263 g/mol. The Labute approximate surface area is 109 Å². The summed E-state index contributed by atoms with van der Waals surface area (Å²) in [5, 5.41) is 3.58. The third kappa shape index (κ3) is 2.75. The molecule has 2 aromatic rings. The zero-order valence-electron chi connectivity index (χ0n) is 9.55. The van der Waals surface area contributed by atoms with E-state index in [4.69, 9.17) is 11.6 Å². The normalized spacial score (nSPS) is 9.89. The number of para-hydroxylation sites is 1. The topological polar surface area (TPSA) is 64.1 Å². The summed E-state index contributed by atoms with van der Waals surface area (Å²) in [5.41, 5.74) is 0.876. The number of nitrogens with one attached hydrogen (secondary N) is 1. The third-order valence-corrected chi connectivity index (χ3v) is 2.51. The van der Waals surface area contributed by atoms with E-state index >= 15 is 0 Å². The van der Waals surface area contributed by atoms with E-state index in [0.717, 1.165) is 5.69 Å². The second-order valence-corrected chi connectivity index (χ2v) is 3.79.